The molecule has 562 valence electrons. The molecule has 0 aromatic rings. The average Bonchev–Trinajstić information content (AvgIpc) is 2.62. The number of unbranched alkanes of at least 4 members (excludes halogenated alkanes) is 30. The number of likely N-dealkylation sites (N-methyl/N-ethyl adjacent to an activating group) is 1. The smallest absolute Gasteiger partial charge is 0.306 e. The average molecular weight is 1370 g/mol. The van der Waals surface area contributed by atoms with Gasteiger partial charge in [-0.05, 0) is 128 Å². The molecule has 0 radical (unpaired) electrons. The molecule has 2 atom stereocenters. The number of carboxylic acid groups (broad SMARTS) is 1. The minimum absolute atomic E-state index is 0.141. The molecule has 0 saturated heterocycles. The molecular formula is C90H149NO8. The third-order valence-corrected chi connectivity index (χ3v) is 17.0. The van der Waals surface area contributed by atoms with Crippen LogP contribution in [0.5, 0.6) is 0 Å². The van der Waals surface area contributed by atoms with E-state index in [0.717, 1.165) is 135 Å². The number of ether oxygens (including phenoxy) is 4. The summed E-state index contributed by atoms with van der Waals surface area (Å²) in [6.45, 7) is 4.53. The van der Waals surface area contributed by atoms with Gasteiger partial charge in [-0.3, -0.25) is 9.59 Å². The van der Waals surface area contributed by atoms with E-state index < -0.39 is 24.3 Å². The summed E-state index contributed by atoms with van der Waals surface area (Å²) in [4.78, 5) is 37.6. The van der Waals surface area contributed by atoms with E-state index in [9.17, 15) is 19.5 Å². The fourth-order valence-corrected chi connectivity index (χ4v) is 10.9. The molecule has 0 bridgehead atoms. The van der Waals surface area contributed by atoms with Crippen molar-refractivity contribution in [2.45, 2.75) is 334 Å². The van der Waals surface area contributed by atoms with Crippen molar-refractivity contribution in [3.63, 3.8) is 0 Å². The molecular weight excluding hydrogens is 1220 g/mol. The molecule has 0 spiro atoms. The number of rotatable bonds is 73. The molecule has 2 unspecified atom stereocenters. The maximum atomic E-state index is 13.0. The lowest BCUT2D eigenvalue weighted by Crippen LogP contribution is -2.44. The number of esters is 2. The van der Waals surface area contributed by atoms with Crippen molar-refractivity contribution in [2.75, 3.05) is 47.5 Å². The minimum Gasteiger partial charge on any atom is -0.545 e. The summed E-state index contributed by atoms with van der Waals surface area (Å²) >= 11 is 0. The molecule has 99 heavy (non-hydrogen) atoms. The monoisotopic (exact) mass is 1370 g/mol. The van der Waals surface area contributed by atoms with Gasteiger partial charge in [0.05, 0.1) is 40.3 Å². The number of carbonyl (C=O) groups is 3. The second-order valence-electron chi connectivity index (χ2n) is 27.6. The normalized spacial score (nSPS) is 13.6. The molecule has 0 aromatic carbocycles. The van der Waals surface area contributed by atoms with E-state index in [1.54, 1.807) is 0 Å². The van der Waals surface area contributed by atoms with Crippen LogP contribution in [0.15, 0.2) is 170 Å². The Bertz CT molecular complexity index is 2240. The summed E-state index contributed by atoms with van der Waals surface area (Å²) in [5.41, 5.74) is 0. The number of hydrogen-bond acceptors (Lipinski definition) is 8. The lowest BCUT2D eigenvalue weighted by Gasteiger charge is -2.26. The van der Waals surface area contributed by atoms with Gasteiger partial charge in [0.1, 0.15) is 13.2 Å². The van der Waals surface area contributed by atoms with Gasteiger partial charge in [0.2, 0.25) is 0 Å². The van der Waals surface area contributed by atoms with Crippen LogP contribution in [-0.2, 0) is 33.3 Å². The standard InChI is InChI=1S/C90H149NO8/c1-6-8-10-12-14-16-18-20-22-24-26-28-30-32-34-36-38-40-41-42-43-44-45-46-47-49-51-53-55-57-59-61-63-65-67-69-71-73-75-77-79-81-88(93)99-86(85-98-90(89(94)95)96-83-82-91(3,4)5)84-97-87(92)80-78-76-74-72-70-68-66-64-62-60-58-56-54-52-50-48-39-37-35-33-31-29-27-25-23-21-19-17-15-13-11-9-7-2/h8-11,14-17,20-23,26-29,32,34,38,40,42-43,45-46,49,51,55,57,86,90H,6-7,12-13,18-19,24-25,30-31,33,35-37,39,41,44,47-48,50,52-54,56,58-85H2,1-5H3/b10-8-,11-9-,16-14-,17-15-,22-20-,23-21-,28-26-,29-27-,34-32-,40-38-,43-42-,46-45-,51-49-,57-55-. The van der Waals surface area contributed by atoms with Gasteiger partial charge < -0.3 is 33.3 Å². The zero-order valence-electron chi connectivity index (χ0n) is 64.3. The van der Waals surface area contributed by atoms with Crippen molar-refractivity contribution in [1.29, 1.82) is 0 Å². The summed E-state index contributed by atoms with van der Waals surface area (Å²) in [7, 11) is 5.93. The first kappa shape index (κ1) is 93.6. The molecule has 0 amide bonds. The van der Waals surface area contributed by atoms with Gasteiger partial charge in [-0.2, -0.15) is 0 Å². The molecule has 0 aliphatic heterocycles. The van der Waals surface area contributed by atoms with Crippen LogP contribution in [0.1, 0.15) is 322 Å². The fourth-order valence-electron chi connectivity index (χ4n) is 10.9. The van der Waals surface area contributed by atoms with Crippen molar-refractivity contribution < 1.29 is 42.9 Å². The zero-order valence-corrected chi connectivity index (χ0v) is 64.3. The van der Waals surface area contributed by atoms with Crippen molar-refractivity contribution >= 4 is 17.9 Å². The summed E-state index contributed by atoms with van der Waals surface area (Å²) in [6.07, 6.45) is 115. The lowest BCUT2D eigenvalue weighted by atomic mass is 10.0. The van der Waals surface area contributed by atoms with Crippen LogP contribution in [-0.4, -0.2) is 82.3 Å². The first-order valence-electron chi connectivity index (χ1n) is 40.3. The van der Waals surface area contributed by atoms with Crippen LogP contribution in [0, 0.1) is 0 Å². The molecule has 0 fully saturated rings. The van der Waals surface area contributed by atoms with Gasteiger partial charge in [-0.25, -0.2) is 0 Å². The highest BCUT2D eigenvalue weighted by Crippen LogP contribution is 2.18. The van der Waals surface area contributed by atoms with Crippen molar-refractivity contribution in [3.8, 4) is 0 Å². The second-order valence-corrected chi connectivity index (χ2v) is 27.6. The Morgan fingerprint density at radius 3 is 0.808 bits per heavy atom. The Balaban J connectivity index is 4.08. The third-order valence-electron chi connectivity index (χ3n) is 17.0. The van der Waals surface area contributed by atoms with Crippen LogP contribution < -0.4 is 5.11 Å². The van der Waals surface area contributed by atoms with E-state index in [2.05, 4.69) is 184 Å². The fraction of sp³-hybridized carbons (Fsp3) is 0.656. The van der Waals surface area contributed by atoms with Crippen LogP contribution >= 0.6 is 0 Å². The number of aliphatic carboxylic acids is 1. The Hall–Kier alpha value is -5.35. The number of nitrogens with zero attached hydrogens (tertiary/aromatic N) is 1. The number of quaternary nitrogens is 1. The molecule has 0 aliphatic carbocycles. The number of carboxylic acids is 1. The molecule has 0 N–H and O–H groups in total. The summed E-state index contributed by atoms with van der Waals surface area (Å²) in [6, 6.07) is 0. The van der Waals surface area contributed by atoms with E-state index in [1.807, 2.05) is 21.1 Å². The Morgan fingerprint density at radius 2 is 0.545 bits per heavy atom. The Kier molecular flexibility index (Phi) is 74.1. The number of hydrogen-bond donors (Lipinski definition) is 0. The van der Waals surface area contributed by atoms with Crippen molar-refractivity contribution in [1.82, 2.24) is 0 Å². The predicted octanol–water partition coefficient (Wildman–Crippen LogP) is 24.8. The second kappa shape index (κ2) is 78.4. The molecule has 0 rings (SSSR count). The first-order chi connectivity index (χ1) is 48.6. The largest absolute Gasteiger partial charge is 0.545 e. The van der Waals surface area contributed by atoms with Crippen LogP contribution in [0.3, 0.4) is 0 Å². The summed E-state index contributed by atoms with van der Waals surface area (Å²) < 4.78 is 22.9. The van der Waals surface area contributed by atoms with Gasteiger partial charge in [0.25, 0.3) is 0 Å². The molecule has 0 heterocycles. The van der Waals surface area contributed by atoms with E-state index in [-0.39, 0.29) is 38.6 Å². The SMILES string of the molecule is CC/C=C\C/C=C\C/C=C\C/C=C\C/C=C\C/C=C\C/C=C\C/C=C\C/C=C\C/C=C\CCCCCCCCCCCCC(=O)OC(COC(=O)CCCCCCCCCCCCCCCCCCCCCC/C=C\C/C=C\C/C=C\C/C=C\CC)COC(OCC[N+](C)(C)C)C(=O)[O-]. The highest BCUT2D eigenvalue weighted by Gasteiger charge is 2.22. The number of allylic oxidation sites excluding steroid dienone is 28. The molecule has 9 nitrogen and oxygen atoms in total. The van der Waals surface area contributed by atoms with Gasteiger partial charge in [0.15, 0.2) is 12.4 Å². The molecule has 0 saturated carbocycles. The number of carbonyl (C=O) groups excluding carboxylic acids is 3. The third kappa shape index (κ3) is 79.8. The van der Waals surface area contributed by atoms with E-state index in [1.165, 1.54) is 154 Å². The van der Waals surface area contributed by atoms with E-state index in [4.69, 9.17) is 18.9 Å². The van der Waals surface area contributed by atoms with Crippen LogP contribution in [0.4, 0.5) is 0 Å². The van der Waals surface area contributed by atoms with Crippen molar-refractivity contribution in [2.24, 2.45) is 0 Å². The highest BCUT2D eigenvalue weighted by molar-refractivity contribution is 5.70. The Labute approximate surface area is 609 Å². The predicted molar refractivity (Wildman–Crippen MR) is 425 cm³/mol. The topological polar surface area (TPSA) is 111 Å². The van der Waals surface area contributed by atoms with Crippen LogP contribution in [0.25, 0.3) is 0 Å². The molecule has 0 aliphatic rings. The highest BCUT2D eigenvalue weighted by atomic mass is 16.7. The quantitative estimate of drug-likeness (QED) is 0.0195. The van der Waals surface area contributed by atoms with E-state index in [0.29, 0.717) is 17.4 Å². The lowest BCUT2D eigenvalue weighted by molar-refractivity contribution is -0.870. The minimum atomic E-state index is -1.63. The Morgan fingerprint density at radius 1 is 0.303 bits per heavy atom. The van der Waals surface area contributed by atoms with Gasteiger partial charge in [-0.15, -0.1) is 0 Å². The first-order valence-corrected chi connectivity index (χ1v) is 40.3. The maximum absolute atomic E-state index is 13.0. The molecule has 0 aromatic heterocycles. The summed E-state index contributed by atoms with van der Waals surface area (Å²) in [5, 5.41) is 11.9. The van der Waals surface area contributed by atoms with Crippen LogP contribution in [0.2, 0.25) is 0 Å². The maximum Gasteiger partial charge on any atom is 0.306 e. The van der Waals surface area contributed by atoms with E-state index >= 15 is 0 Å². The van der Waals surface area contributed by atoms with Crippen molar-refractivity contribution in [3.05, 3.63) is 170 Å². The zero-order chi connectivity index (χ0) is 71.8. The van der Waals surface area contributed by atoms with Gasteiger partial charge in [-0.1, -0.05) is 351 Å². The summed E-state index contributed by atoms with van der Waals surface area (Å²) in [5.74, 6) is -2.29. The van der Waals surface area contributed by atoms with Gasteiger partial charge >= 0.3 is 11.9 Å². The van der Waals surface area contributed by atoms with Gasteiger partial charge in [0, 0.05) is 12.8 Å². The molecule has 9 heteroatoms.